The largest absolute Gasteiger partial charge is 0.354 e. The van der Waals surface area contributed by atoms with Crippen molar-refractivity contribution in [3.05, 3.63) is 35.9 Å². The second-order valence-electron chi connectivity index (χ2n) is 6.47. The van der Waals surface area contributed by atoms with Crippen LogP contribution >= 0.6 is 0 Å². The molecule has 0 radical (unpaired) electrons. The summed E-state index contributed by atoms with van der Waals surface area (Å²) in [5, 5.41) is 3.09. The molecule has 0 saturated carbocycles. The van der Waals surface area contributed by atoms with E-state index in [4.69, 9.17) is 5.73 Å². The third-order valence-electron chi connectivity index (χ3n) is 4.35. The fourth-order valence-electron chi connectivity index (χ4n) is 2.71. The fraction of sp³-hybridized carbons (Fsp3) is 0.588. The summed E-state index contributed by atoms with van der Waals surface area (Å²) < 4.78 is 0. The second-order valence-corrected chi connectivity index (χ2v) is 6.47. The predicted octanol–water partition coefficient (Wildman–Crippen LogP) is 1.92. The Bertz CT molecular complexity index is 452. The van der Waals surface area contributed by atoms with Crippen LogP contribution in [-0.4, -0.2) is 37.0 Å². The van der Waals surface area contributed by atoms with Crippen LogP contribution in [0.2, 0.25) is 0 Å². The van der Waals surface area contributed by atoms with E-state index in [2.05, 4.69) is 34.5 Å². The van der Waals surface area contributed by atoms with Crippen molar-refractivity contribution in [2.45, 2.75) is 32.7 Å². The van der Waals surface area contributed by atoms with E-state index in [1.54, 1.807) is 0 Å². The lowest BCUT2D eigenvalue weighted by Gasteiger charge is -2.30. The highest BCUT2D eigenvalue weighted by Crippen LogP contribution is 2.24. The zero-order valence-corrected chi connectivity index (χ0v) is 13.1. The summed E-state index contributed by atoms with van der Waals surface area (Å²) >= 11 is 0. The molecule has 1 aromatic rings. The van der Waals surface area contributed by atoms with Crippen LogP contribution in [0.3, 0.4) is 0 Å². The summed E-state index contributed by atoms with van der Waals surface area (Å²) in [5.74, 6) is 0.0325. The van der Waals surface area contributed by atoms with Crippen LogP contribution in [0.4, 0.5) is 0 Å². The highest BCUT2D eigenvalue weighted by atomic mass is 16.2. The minimum absolute atomic E-state index is 0.0325. The number of hydrogen-bond acceptors (Lipinski definition) is 3. The van der Waals surface area contributed by atoms with Gasteiger partial charge >= 0.3 is 0 Å². The molecule has 0 aromatic heterocycles. The molecule has 1 aliphatic rings. The topological polar surface area (TPSA) is 58.4 Å². The van der Waals surface area contributed by atoms with E-state index in [9.17, 15) is 4.79 Å². The van der Waals surface area contributed by atoms with E-state index in [0.29, 0.717) is 13.1 Å². The van der Waals surface area contributed by atoms with Crippen LogP contribution < -0.4 is 11.1 Å². The monoisotopic (exact) mass is 289 g/mol. The summed E-state index contributed by atoms with van der Waals surface area (Å²) in [6.07, 6.45) is 2.48. The molecule has 3 N–H and O–H groups in total. The lowest BCUT2D eigenvalue weighted by atomic mass is 9.92. The lowest BCUT2D eigenvalue weighted by molar-refractivity contribution is -0.129. The molecule has 4 nitrogen and oxygen atoms in total. The Hall–Kier alpha value is -1.39. The Morgan fingerprint density at radius 2 is 1.90 bits per heavy atom. The van der Waals surface area contributed by atoms with Crippen molar-refractivity contribution in [2.24, 2.45) is 11.1 Å². The Labute approximate surface area is 127 Å². The van der Waals surface area contributed by atoms with Gasteiger partial charge in [0, 0.05) is 13.1 Å². The fourth-order valence-corrected chi connectivity index (χ4v) is 2.71. The highest BCUT2D eigenvalue weighted by molar-refractivity contribution is 5.82. The van der Waals surface area contributed by atoms with Gasteiger partial charge in [-0.15, -0.1) is 0 Å². The molecule has 4 heteroatoms. The number of benzene rings is 1. The van der Waals surface area contributed by atoms with Crippen molar-refractivity contribution in [2.75, 3.05) is 26.2 Å². The number of nitrogens with zero attached hydrogens (tertiary/aromatic N) is 1. The van der Waals surface area contributed by atoms with Gasteiger partial charge in [0.2, 0.25) is 5.91 Å². The number of carbonyl (C=O) groups excluding carboxylic acids is 1. The van der Waals surface area contributed by atoms with Crippen LogP contribution in [0, 0.1) is 5.41 Å². The Morgan fingerprint density at radius 3 is 2.48 bits per heavy atom. The number of nitrogens with one attached hydrogen (secondary N) is 1. The smallest absolute Gasteiger partial charge is 0.227 e. The Morgan fingerprint density at radius 1 is 1.29 bits per heavy atom. The van der Waals surface area contributed by atoms with Crippen molar-refractivity contribution in [1.29, 1.82) is 0 Å². The van der Waals surface area contributed by atoms with Gasteiger partial charge in [0.15, 0.2) is 0 Å². The summed E-state index contributed by atoms with van der Waals surface area (Å²) in [5.41, 5.74) is 6.44. The van der Waals surface area contributed by atoms with Gasteiger partial charge in [0.05, 0.1) is 11.5 Å². The van der Waals surface area contributed by atoms with E-state index < -0.39 is 5.41 Å². The maximum absolute atomic E-state index is 12.2. The first-order valence-electron chi connectivity index (χ1n) is 7.82. The van der Waals surface area contributed by atoms with E-state index in [-0.39, 0.29) is 11.9 Å². The number of amides is 1. The van der Waals surface area contributed by atoms with Crippen LogP contribution in [0.25, 0.3) is 0 Å². The number of likely N-dealkylation sites (tertiary alicyclic amines) is 1. The molecule has 1 unspecified atom stereocenters. The third kappa shape index (κ3) is 4.05. The summed E-state index contributed by atoms with van der Waals surface area (Å²) in [7, 11) is 0. The SMILES string of the molecule is CC(C)(CN)C(=O)NCC(c1ccccc1)N1CCCC1. The first kappa shape index (κ1) is 16.0. The molecule has 116 valence electrons. The van der Waals surface area contributed by atoms with Gasteiger partial charge in [-0.25, -0.2) is 0 Å². The molecule has 0 spiro atoms. The molecule has 21 heavy (non-hydrogen) atoms. The van der Waals surface area contributed by atoms with Gasteiger partial charge in [-0.05, 0) is 45.3 Å². The molecule has 1 fully saturated rings. The van der Waals surface area contributed by atoms with Crippen molar-refractivity contribution in [1.82, 2.24) is 10.2 Å². The van der Waals surface area contributed by atoms with E-state index in [0.717, 1.165) is 13.1 Å². The van der Waals surface area contributed by atoms with Gasteiger partial charge in [-0.2, -0.15) is 0 Å². The van der Waals surface area contributed by atoms with Gasteiger partial charge in [0.25, 0.3) is 0 Å². The summed E-state index contributed by atoms with van der Waals surface area (Å²) in [6, 6.07) is 10.7. The number of nitrogens with two attached hydrogens (primary N) is 1. The average Bonchev–Trinajstić information content (AvgIpc) is 3.02. The molecule has 0 aliphatic carbocycles. The van der Waals surface area contributed by atoms with Crippen molar-refractivity contribution in [3.8, 4) is 0 Å². The lowest BCUT2D eigenvalue weighted by Crippen LogP contribution is -2.45. The molecular formula is C17H27N3O. The normalized spacial score (nSPS) is 17.7. The van der Waals surface area contributed by atoms with Crippen molar-refractivity contribution in [3.63, 3.8) is 0 Å². The van der Waals surface area contributed by atoms with Crippen molar-refractivity contribution >= 4 is 5.91 Å². The molecule has 2 rings (SSSR count). The van der Waals surface area contributed by atoms with E-state index in [1.165, 1.54) is 18.4 Å². The first-order valence-corrected chi connectivity index (χ1v) is 7.82. The molecule has 1 saturated heterocycles. The van der Waals surface area contributed by atoms with E-state index in [1.807, 2.05) is 19.9 Å². The van der Waals surface area contributed by atoms with Crippen LogP contribution in [0.15, 0.2) is 30.3 Å². The number of carbonyl (C=O) groups is 1. The molecule has 1 atom stereocenters. The van der Waals surface area contributed by atoms with Gasteiger partial charge in [-0.3, -0.25) is 9.69 Å². The average molecular weight is 289 g/mol. The van der Waals surface area contributed by atoms with Crippen LogP contribution in [0.5, 0.6) is 0 Å². The maximum Gasteiger partial charge on any atom is 0.227 e. The molecule has 0 bridgehead atoms. The predicted molar refractivity (Wildman–Crippen MR) is 85.8 cm³/mol. The molecule has 1 amide bonds. The summed E-state index contributed by atoms with van der Waals surface area (Å²) in [4.78, 5) is 14.7. The Kier molecular flexibility index (Phi) is 5.37. The quantitative estimate of drug-likeness (QED) is 0.841. The van der Waals surface area contributed by atoms with E-state index >= 15 is 0 Å². The van der Waals surface area contributed by atoms with Gasteiger partial charge < -0.3 is 11.1 Å². The van der Waals surface area contributed by atoms with Crippen LogP contribution in [-0.2, 0) is 4.79 Å². The van der Waals surface area contributed by atoms with Crippen molar-refractivity contribution < 1.29 is 4.79 Å². The minimum atomic E-state index is -0.508. The first-order chi connectivity index (χ1) is 10.0. The second kappa shape index (κ2) is 7.05. The Balaban J connectivity index is 2.05. The zero-order chi connectivity index (χ0) is 15.3. The summed E-state index contributed by atoms with van der Waals surface area (Å²) in [6.45, 7) is 6.99. The molecule has 1 heterocycles. The third-order valence-corrected chi connectivity index (χ3v) is 4.35. The van der Waals surface area contributed by atoms with Gasteiger partial charge in [-0.1, -0.05) is 30.3 Å². The van der Waals surface area contributed by atoms with Crippen LogP contribution in [0.1, 0.15) is 38.3 Å². The maximum atomic E-state index is 12.2. The number of hydrogen-bond donors (Lipinski definition) is 2. The van der Waals surface area contributed by atoms with Gasteiger partial charge in [0.1, 0.15) is 0 Å². The zero-order valence-electron chi connectivity index (χ0n) is 13.1. The molecular weight excluding hydrogens is 262 g/mol. The standard InChI is InChI=1S/C17H27N3O/c1-17(2,13-18)16(21)19-12-15(20-10-6-7-11-20)14-8-4-3-5-9-14/h3-5,8-9,15H,6-7,10-13,18H2,1-2H3,(H,19,21). The molecule has 1 aromatic carbocycles. The minimum Gasteiger partial charge on any atom is -0.354 e. The molecule has 1 aliphatic heterocycles. The highest BCUT2D eigenvalue weighted by Gasteiger charge is 2.28. The number of rotatable bonds is 6.